The van der Waals surface area contributed by atoms with Crippen LogP contribution in [0.25, 0.3) is 0 Å². The Morgan fingerprint density at radius 2 is 1.74 bits per heavy atom. The predicted octanol–water partition coefficient (Wildman–Crippen LogP) is 4.87. The van der Waals surface area contributed by atoms with E-state index in [1.165, 1.54) is 0 Å². The fourth-order valence-electron chi connectivity index (χ4n) is 2.86. The molecule has 0 atom stereocenters. The lowest BCUT2D eigenvalue weighted by atomic mass is 10.1. The number of para-hydroxylation sites is 1. The summed E-state index contributed by atoms with van der Waals surface area (Å²) in [5.74, 6) is -0.168. The number of nitrogens with zero attached hydrogens (tertiary/aromatic N) is 2. The minimum absolute atomic E-state index is 0.168. The van der Waals surface area contributed by atoms with Gasteiger partial charge in [0, 0.05) is 23.8 Å². The number of carbonyl (C=O) groups is 1. The number of hydrogen-bond acceptors (Lipinski definition) is 3. The van der Waals surface area contributed by atoms with E-state index in [2.05, 4.69) is 34.3 Å². The van der Waals surface area contributed by atoms with Crippen LogP contribution in [0.15, 0.2) is 72.9 Å². The van der Waals surface area contributed by atoms with E-state index in [4.69, 9.17) is 11.6 Å². The van der Waals surface area contributed by atoms with Crippen LogP contribution in [-0.2, 0) is 6.42 Å². The molecule has 0 saturated carbocycles. The Morgan fingerprint density at radius 3 is 2.37 bits per heavy atom. The van der Waals surface area contributed by atoms with Crippen molar-refractivity contribution >= 4 is 28.9 Å². The summed E-state index contributed by atoms with van der Waals surface area (Å²) in [6, 6.07) is 21.4. The molecule has 1 aromatic heterocycles. The summed E-state index contributed by atoms with van der Waals surface area (Å²) in [7, 11) is 0. The summed E-state index contributed by atoms with van der Waals surface area (Å²) in [5.41, 5.74) is 3.60. The number of anilines is 2. The summed E-state index contributed by atoms with van der Waals surface area (Å²) in [5, 5.41) is 3.62. The van der Waals surface area contributed by atoms with Gasteiger partial charge in [-0.2, -0.15) is 0 Å². The number of pyridine rings is 1. The van der Waals surface area contributed by atoms with E-state index >= 15 is 0 Å². The quantitative estimate of drug-likeness (QED) is 0.637. The van der Waals surface area contributed by atoms with E-state index in [-0.39, 0.29) is 5.91 Å². The predicted molar refractivity (Wildman–Crippen MR) is 111 cm³/mol. The average Bonchev–Trinajstić information content (AvgIpc) is 2.71. The van der Waals surface area contributed by atoms with Crippen molar-refractivity contribution in [3.63, 3.8) is 0 Å². The van der Waals surface area contributed by atoms with Crippen LogP contribution in [0.3, 0.4) is 0 Å². The van der Waals surface area contributed by atoms with Gasteiger partial charge in [-0.05, 0) is 55.3 Å². The minimum Gasteiger partial charge on any atom is -0.350 e. The van der Waals surface area contributed by atoms with Gasteiger partial charge in [-0.15, -0.1) is 0 Å². The third kappa shape index (κ3) is 5.08. The van der Waals surface area contributed by atoms with E-state index in [1.54, 1.807) is 12.3 Å². The van der Waals surface area contributed by atoms with Crippen molar-refractivity contribution in [3.05, 3.63) is 89.2 Å². The zero-order valence-corrected chi connectivity index (χ0v) is 16.0. The maximum absolute atomic E-state index is 12.3. The first kappa shape index (κ1) is 18.9. The van der Waals surface area contributed by atoms with Gasteiger partial charge in [0.15, 0.2) is 0 Å². The van der Waals surface area contributed by atoms with Crippen LogP contribution in [0.2, 0.25) is 5.02 Å². The highest BCUT2D eigenvalue weighted by Crippen LogP contribution is 2.24. The molecule has 1 N–H and O–H groups in total. The topological polar surface area (TPSA) is 45.2 Å². The SMILES string of the molecule is CCN(c1ccccc1)c1ccc(C(=O)NCCc2ccc(Cl)cc2)nc1. The maximum atomic E-state index is 12.3. The number of benzene rings is 2. The normalized spacial score (nSPS) is 10.4. The Hall–Kier alpha value is -2.85. The lowest BCUT2D eigenvalue weighted by molar-refractivity contribution is 0.0949. The molecule has 27 heavy (non-hydrogen) atoms. The highest BCUT2D eigenvalue weighted by atomic mass is 35.5. The fourth-order valence-corrected chi connectivity index (χ4v) is 2.99. The summed E-state index contributed by atoms with van der Waals surface area (Å²) < 4.78 is 0. The monoisotopic (exact) mass is 379 g/mol. The van der Waals surface area contributed by atoms with Gasteiger partial charge in [0.2, 0.25) is 0 Å². The number of aromatic nitrogens is 1. The summed E-state index contributed by atoms with van der Waals surface area (Å²) in [4.78, 5) is 18.8. The van der Waals surface area contributed by atoms with Crippen molar-refractivity contribution in [2.24, 2.45) is 0 Å². The van der Waals surface area contributed by atoms with Gasteiger partial charge < -0.3 is 10.2 Å². The van der Waals surface area contributed by atoms with Gasteiger partial charge >= 0.3 is 0 Å². The van der Waals surface area contributed by atoms with Crippen LogP contribution in [-0.4, -0.2) is 24.0 Å². The van der Waals surface area contributed by atoms with Crippen LogP contribution in [0.5, 0.6) is 0 Å². The lowest BCUT2D eigenvalue weighted by Gasteiger charge is -2.22. The number of rotatable bonds is 7. The molecule has 1 amide bonds. The molecule has 0 bridgehead atoms. The molecule has 0 unspecified atom stereocenters. The molecule has 0 aliphatic rings. The van der Waals surface area contributed by atoms with Gasteiger partial charge in [-0.25, -0.2) is 4.98 Å². The van der Waals surface area contributed by atoms with Crippen LogP contribution in [0.1, 0.15) is 23.0 Å². The largest absolute Gasteiger partial charge is 0.350 e. The summed E-state index contributed by atoms with van der Waals surface area (Å²) in [6.07, 6.45) is 2.49. The zero-order chi connectivity index (χ0) is 19.1. The third-order valence-corrected chi connectivity index (χ3v) is 4.54. The molecule has 4 nitrogen and oxygen atoms in total. The summed E-state index contributed by atoms with van der Waals surface area (Å²) in [6.45, 7) is 3.46. The van der Waals surface area contributed by atoms with Crippen LogP contribution >= 0.6 is 11.6 Å². The molecule has 0 fully saturated rings. The smallest absolute Gasteiger partial charge is 0.269 e. The van der Waals surface area contributed by atoms with E-state index in [1.807, 2.05) is 48.5 Å². The first-order valence-electron chi connectivity index (χ1n) is 8.98. The molecule has 3 rings (SSSR count). The minimum atomic E-state index is -0.168. The van der Waals surface area contributed by atoms with Gasteiger partial charge in [-0.3, -0.25) is 4.79 Å². The molecule has 0 aliphatic carbocycles. The number of halogens is 1. The maximum Gasteiger partial charge on any atom is 0.269 e. The van der Waals surface area contributed by atoms with E-state index < -0.39 is 0 Å². The Bertz CT molecular complexity index is 864. The molecular formula is C22H22ClN3O. The molecule has 0 saturated heterocycles. The first-order chi connectivity index (χ1) is 13.2. The van der Waals surface area contributed by atoms with Crippen molar-refractivity contribution in [2.45, 2.75) is 13.3 Å². The molecule has 0 radical (unpaired) electrons. The summed E-state index contributed by atoms with van der Waals surface area (Å²) >= 11 is 5.88. The van der Waals surface area contributed by atoms with Gasteiger partial charge in [-0.1, -0.05) is 41.9 Å². The van der Waals surface area contributed by atoms with Crippen molar-refractivity contribution in [2.75, 3.05) is 18.0 Å². The number of carbonyl (C=O) groups excluding carboxylic acids is 1. The van der Waals surface area contributed by atoms with Gasteiger partial charge in [0.25, 0.3) is 5.91 Å². The van der Waals surface area contributed by atoms with Crippen LogP contribution < -0.4 is 10.2 Å². The highest BCUT2D eigenvalue weighted by Gasteiger charge is 2.10. The Kier molecular flexibility index (Phi) is 6.44. The highest BCUT2D eigenvalue weighted by molar-refractivity contribution is 6.30. The average molecular weight is 380 g/mol. The molecule has 0 aliphatic heterocycles. The second-order valence-corrected chi connectivity index (χ2v) is 6.55. The Morgan fingerprint density at radius 1 is 1.00 bits per heavy atom. The van der Waals surface area contributed by atoms with E-state index in [0.29, 0.717) is 17.3 Å². The number of hydrogen-bond donors (Lipinski definition) is 1. The van der Waals surface area contributed by atoms with Crippen molar-refractivity contribution < 1.29 is 4.79 Å². The van der Waals surface area contributed by atoms with Crippen molar-refractivity contribution in [3.8, 4) is 0 Å². The second kappa shape index (κ2) is 9.19. The molecule has 3 aromatic rings. The van der Waals surface area contributed by atoms with E-state index in [0.717, 1.165) is 29.9 Å². The third-order valence-electron chi connectivity index (χ3n) is 4.29. The number of nitrogens with one attached hydrogen (secondary N) is 1. The zero-order valence-electron chi connectivity index (χ0n) is 15.2. The molecule has 1 heterocycles. The lowest BCUT2D eigenvalue weighted by Crippen LogP contribution is -2.26. The molecular weight excluding hydrogens is 358 g/mol. The molecule has 0 spiro atoms. The van der Waals surface area contributed by atoms with Crippen LogP contribution in [0, 0.1) is 0 Å². The molecule has 2 aromatic carbocycles. The Labute approximate surface area is 164 Å². The Balaban J connectivity index is 1.59. The second-order valence-electron chi connectivity index (χ2n) is 6.11. The van der Waals surface area contributed by atoms with Gasteiger partial charge in [0.05, 0.1) is 11.9 Å². The van der Waals surface area contributed by atoms with Crippen LogP contribution in [0.4, 0.5) is 11.4 Å². The standard InChI is InChI=1S/C22H22ClN3O/c1-2-26(19-6-4-3-5-7-19)20-12-13-21(25-16-20)22(27)24-15-14-17-8-10-18(23)11-9-17/h3-13,16H,2,14-15H2,1H3,(H,24,27). The van der Waals surface area contributed by atoms with Gasteiger partial charge in [0.1, 0.15) is 5.69 Å². The van der Waals surface area contributed by atoms with Crippen molar-refractivity contribution in [1.29, 1.82) is 0 Å². The molecule has 138 valence electrons. The molecule has 5 heteroatoms. The fraction of sp³-hybridized carbons (Fsp3) is 0.182. The number of amides is 1. The van der Waals surface area contributed by atoms with Crippen molar-refractivity contribution in [1.82, 2.24) is 10.3 Å². The first-order valence-corrected chi connectivity index (χ1v) is 9.36. The van der Waals surface area contributed by atoms with E-state index in [9.17, 15) is 4.79 Å².